The largest absolute Gasteiger partial charge is 0.326 e. The quantitative estimate of drug-likeness (QED) is 0.929. The van der Waals surface area contributed by atoms with Crippen LogP contribution in [0.2, 0.25) is 0 Å². The lowest BCUT2D eigenvalue weighted by Gasteiger charge is -2.24. The standard InChI is InChI=1S/C15H18N4O/c1-19-10-16-15(18-19)12-6-3-7-13(9-12)17-14(20)8-11-4-2-5-11/h3,6-7,9-11H,2,4-5,8H2,1H3,(H,17,20). The zero-order valence-electron chi connectivity index (χ0n) is 11.5. The number of amides is 1. The van der Waals surface area contributed by atoms with Crippen molar-refractivity contribution in [3.63, 3.8) is 0 Å². The maximum Gasteiger partial charge on any atom is 0.224 e. The van der Waals surface area contributed by atoms with Gasteiger partial charge in [0, 0.05) is 24.7 Å². The number of hydrogen-bond acceptors (Lipinski definition) is 3. The molecule has 20 heavy (non-hydrogen) atoms. The van der Waals surface area contributed by atoms with E-state index in [1.807, 2.05) is 31.3 Å². The summed E-state index contributed by atoms with van der Waals surface area (Å²) in [5.74, 6) is 1.35. The average molecular weight is 270 g/mol. The minimum Gasteiger partial charge on any atom is -0.326 e. The van der Waals surface area contributed by atoms with E-state index in [9.17, 15) is 4.79 Å². The number of carbonyl (C=O) groups is 1. The number of aromatic nitrogens is 3. The maximum absolute atomic E-state index is 11.9. The number of aryl methyl sites for hydroxylation is 1. The van der Waals surface area contributed by atoms with Gasteiger partial charge >= 0.3 is 0 Å². The van der Waals surface area contributed by atoms with Gasteiger partial charge < -0.3 is 5.32 Å². The van der Waals surface area contributed by atoms with Crippen molar-refractivity contribution >= 4 is 11.6 Å². The molecule has 0 radical (unpaired) electrons. The van der Waals surface area contributed by atoms with Crippen LogP contribution in [0.5, 0.6) is 0 Å². The Morgan fingerprint density at radius 3 is 2.95 bits per heavy atom. The van der Waals surface area contributed by atoms with Crippen LogP contribution in [0, 0.1) is 5.92 Å². The van der Waals surface area contributed by atoms with Gasteiger partial charge in [0.15, 0.2) is 5.82 Å². The Hall–Kier alpha value is -2.17. The number of benzene rings is 1. The summed E-state index contributed by atoms with van der Waals surface area (Å²) in [5, 5.41) is 7.22. The van der Waals surface area contributed by atoms with Crippen LogP contribution < -0.4 is 5.32 Å². The Labute approximate surface area is 118 Å². The fourth-order valence-corrected chi connectivity index (χ4v) is 2.38. The summed E-state index contributed by atoms with van der Waals surface area (Å²) >= 11 is 0. The Balaban J connectivity index is 1.69. The number of nitrogens with one attached hydrogen (secondary N) is 1. The molecule has 1 amide bonds. The lowest BCUT2D eigenvalue weighted by Crippen LogP contribution is -2.20. The third-order valence-corrected chi connectivity index (χ3v) is 3.70. The SMILES string of the molecule is Cn1cnc(-c2cccc(NC(=O)CC3CCC3)c2)n1. The van der Waals surface area contributed by atoms with Gasteiger partial charge in [-0.3, -0.25) is 9.48 Å². The van der Waals surface area contributed by atoms with E-state index in [-0.39, 0.29) is 5.91 Å². The number of anilines is 1. The van der Waals surface area contributed by atoms with Gasteiger partial charge in [0.1, 0.15) is 6.33 Å². The molecule has 1 fully saturated rings. The second-order valence-corrected chi connectivity index (χ2v) is 5.37. The van der Waals surface area contributed by atoms with Gasteiger partial charge in [-0.05, 0) is 30.9 Å². The van der Waals surface area contributed by atoms with Crippen LogP contribution in [-0.2, 0) is 11.8 Å². The van der Waals surface area contributed by atoms with E-state index >= 15 is 0 Å². The summed E-state index contributed by atoms with van der Waals surface area (Å²) in [6.45, 7) is 0. The molecule has 3 rings (SSSR count). The van der Waals surface area contributed by atoms with E-state index in [0.29, 0.717) is 18.2 Å². The van der Waals surface area contributed by atoms with Crippen LogP contribution in [0.15, 0.2) is 30.6 Å². The molecule has 104 valence electrons. The Morgan fingerprint density at radius 1 is 1.45 bits per heavy atom. The molecule has 0 atom stereocenters. The van der Waals surface area contributed by atoms with E-state index in [2.05, 4.69) is 15.4 Å². The van der Waals surface area contributed by atoms with Crippen LogP contribution in [-0.4, -0.2) is 20.7 Å². The molecule has 1 aromatic heterocycles. The zero-order valence-corrected chi connectivity index (χ0v) is 11.5. The summed E-state index contributed by atoms with van der Waals surface area (Å²) in [6.07, 6.45) is 5.93. The second-order valence-electron chi connectivity index (χ2n) is 5.37. The number of rotatable bonds is 4. The summed E-state index contributed by atoms with van der Waals surface area (Å²) in [6, 6.07) is 7.65. The highest BCUT2D eigenvalue weighted by Gasteiger charge is 2.20. The Kier molecular flexibility index (Phi) is 3.50. The highest BCUT2D eigenvalue weighted by molar-refractivity contribution is 5.91. The first kappa shape index (κ1) is 12.8. The second kappa shape index (κ2) is 5.45. The first-order valence-electron chi connectivity index (χ1n) is 6.96. The number of hydrogen-bond donors (Lipinski definition) is 1. The predicted molar refractivity (Wildman–Crippen MR) is 77.0 cm³/mol. The van der Waals surface area contributed by atoms with Crippen molar-refractivity contribution in [1.29, 1.82) is 0 Å². The van der Waals surface area contributed by atoms with Gasteiger partial charge in [0.25, 0.3) is 0 Å². The summed E-state index contributed by atoms with van der Waals surface area (Å²) in [7, 11) is 1.83. The fourth-order valence-electron chi connectivity index (χ4n) is 2.38. The Morgan fingerprint density at radius 2 is 2.30 bits per heavy atom. The van der Waals surface area contributed by atoms with Crippen molar-refractivity contribution in [2.24, 2.45) is 13.0 Å². The topological polar surface area (TPSA) is 59.8 Å². The first-order chi connectivity index (χ1) is 9.70. The van der Waals surface area contributed by atoms with Gasteiger partial charge in [-0.25, -0.2) is 4.98 Å². The number of carbonyl (C=O) groups excluding carboxylic acids is 1. The van der Waals surface area contributed by atoms with Crippen LogP contribution in [0.25, 0.3) is 11.4 Å². The Bertz CT molecular complexity index is 616. The first-order valence-corrected chi connectivity index (χ1v) is 6.96. The molecule has 1 heterocycles. The molecule has 1 aromatic carbocycles. The van der Waals surface area contributed by atoms with Crippen molar-refractivity contribution in [2.75, 3.05) is 5.32 Å². The van der Waals surface area contributed by atoms with E-state index in [0.717, 1.165) is 11.3 Å². The van der Waals surface area contributed by atoms with E-state index in [1.165, 1.54) is 19.3 Å². The summed E-state index contributed by atoms with van der Waals surface area (Å²) in [5.41, 5.74) is 1.71. The zero-order chi connectivity index (χ0) is 13.9. The van der Waals surface area contributed by atoms with Crippen LogP contribution in [0.3, 0.4) is 0 Å². The molecule has 0 bridgehead atoms. The highest BCUT2D eigenvalue weighted by atomic mass is 16.1. The van der Waals surface area contributed by atoms with E-state index in [1.54, 1.807) is 11.0 Å². The maximum atomic E-state index is 11.9. The predicted octanol–water partition coefficient (Wildman–Crippen LogP) is 2.61. The number of nitrogens with zero attached hydrogens (tertiary/aromatic N) is 3. The minimum absolute atomic E-state index is 0.0980. The average Bonchev–Trinajstić information content (AvgIpc) is 2.81. The molecule has 2 aromatic rings. The molecule has 1 N–H and O–H groups in total. The molecular formula is C15H18N4O. The molecule has 0 saturated heterocycles. The monoisotopic (exact) mass is 270 g/mol. The summed E-state index contributed by atoms with van der Waals surface area (Å²) in [4.78, 5) is 16.1. The molecular weight excluding hydrogens is 252 g/mol. The minimum atomic E-state index is 0.0980. The molecule has 0 unspecified atom stereocenters. The smallest absolute Gasteiger partial charge is 0.224 e. The normalized spacial score (nSPS) is 14.8. The van der Waals surface area contributed by atoms with Gasteiger partial charge in [-0.1, -0.05) is 18.6 Å². The van der Waals surface area contributed by atoms with Crippen molar-refractivity contribution in [3.05, 3.63) is 30.6 Å². The van der Waals surface area contributed by atoms with Crippen molar-refractivity contribution in [3.8, 4) is 11.4 Å². The third-order valence-electron chi connectivity index (χ3n) is 3.70. The lowest BCUT2D eigenvalue weighted by atomic mass is 9.83. The third kappa shape index (κ3) is 2.87. The van der Waals surface area contributed by atoms with Crippen LogP contribution in [0.4, 0.5) is 5.69 Å². The van der Waals surface area contributed by atoms with Gasteiger partial charge in [0.05, 0.1) is 0 Å². The van der Waals surface area contributed by atoms with Crippen molar-refractivity contribution in [2.45, 2.75) is 25.7 Å². The van der Waals surface area contributed by atoms with Gasteiger partial charge in [0.2, 0.25) is 5.91 Å². The van der Waals surface area contributed by atoms with Gasteiger partial charge in [-0.15, -0.1) is 0 Å². The molecule has 5 nitrogen and oxygen atoms in total. The van der Waals surface area contributed by atoms with Crippen LogP contribution in [0.1, 0.15) is 25.7 Å². The van der Waals surface area contributed by atoms with E-state index < -0.39 is 0 Å². The van der Waals surface area contributed by atoms with E-state index in [4.69, 9.17) is 0 Å². The molecule has 1 aliphatic rings. The van der Waals surface area contributed by atoms with Crippen molar-refractivity contribution in [1.82, 2.24) is 14.8 Å². The molecule has 5 heteroatoms. The molecule has 0 spiro atoms. The highest BCUT2D eigenvalue weighted by Crippen LogP contribution is 2.29. The summed E-state index contributed by atoms with van der Waals surface area (Å²) < 4.78 is 1.66. The van der Waals surface area contributed by atoms with Crippen molar-refractivity contribution < 1.29 is 4.79 Å². The molecule has 1 aliphatic carbocycles. The molecule has 0 aliphatic heterocycles. The van der Waals surface area contributed by atoms with Gasteiger partial charge in [-0.2, -0.15) is 5.10 Å². The fraction of sp³-hybridized carbons (Fsp3) is 0.400. The lowest BCUT2D eigenvalue weighted by molar-refractivity contribution is -0.117. The molecule has 1 saturated carbocycles. The van der Waals surface area contributed by atoms with Crippen LogP contribution >= 0.6 is 0 Å².